The predicted octanol–water partition coefficient (Wildman–Crippen LogP) is 3.80. The number of carbonyl (C=O) groups excluding carboxylic acids is 2. The number of esters is 1. The van der Waals surface area contributed by atoms with Gasteiger partial charge in [0.05, 0.1) is 12.5 Å². The third-order valence-electron chi connectivity index (χ3n) is 6.16. The molecule has 0 saturated carbocycles. The zero-order valence-corrected chi connectivity index (χ0v) is 21.4. The highest BCUT2D eigenvalue weighted by molar-refractivity contribution is 6.30. The van der Waals surface area contributed by atoms with Crippen molar-refractivity contribution in [3.63, 3.8) is 0 Å². The van der Waals surface area contributed by atoms with Gasteiger partial charge in [-0.15, -0.1) is 10.2 Å². The fraction of sp³-hybridized carbons (Fsp3) is 0.370. The van der Waals surface area contributed by atoms with Crippen LogP contribution in [-0.4, -0.2) is 51.7 Å². The molecule has 0 unspecified atom stereocenters. The monoisotopic (exact) mass is 524 g/mol. The van der Waals surface area contributed by atoms with Gasteiger partial charge in [-0.25, -0.2) is 0 Å². The van der Waals surface area contributed by atoms with Crippen molar-refractivity contribution in [2.75, 3.05) is 19.7 Å². The summed E-state index contributed by atoms with van der Waals surface area (Å²) in [6.45, 7) is 3.40. The number of nitrogens with one attached hydrogen (secondary N) is 1. The van der Waals surface area contributed by atoms with Gasteiger partial charge < -0.3 is 19.4 Å². The average molecular weight is 525 g/mol. The molecular formula is C27H29ClN4O5. The Morgan fingerprint density at radius 3 is 2.70 bits per heavy atom. The van der Waals surface area contributed by atoms with Crippen LogP contribution in [0.5, 0.6) is 5.75 Å². The number of amides is 1. The first-order valence-corrected chi connectivity index (χ1v) is 12.7. The van der Waals surface area contributed by atoms with Gasteiger partial charge in [0.25, 0.3) is 5.56 Å². The van der Waals surface area contributed by atoms with E-state index in [2.05, 4.69) is 15.2 Å². The minimum atomic E-state index is -0.387. The lowest BCUT2D eigenvalue weighted by atomic mass is 9.98. The molecule has 2 aromatic carbocycles. The van der Waals surface area contributed by atoms with Crippen LogP contribution >= 0.6 is 11.6 Å². The summed E-state index contributed by atoms with van der Waals surface area (Å²) in [6, 6.07) is 14.6. The molecule has 194 valence electrons. The lowest BCUT2D eigenvalue weighted by Crippen LogP contribution is -2.43. The number of aromatic amines is 1. The van der Waals surface area contributed by atoms with E-state index in [4.69, 9.17) is 21.1 Å². The van der Waals surface area contributed by atoms with Crippen molar-refractivity contribution in [1.29, 1.82) is 0 Å². The number of aromatic nitrogens is 3. The molecule has 1 aliphatic heterocycles. The van der Waals surface area contributed by atoms with Gasteiger partial charge >= 0.3 is 5.97 Å². The summed E-state index contributed by atoms with van der Waals surface area (Å²) in [5.41, 5.74) is 1.44. The topological polar surface area (TPSA) is 114 Å². The Labute approximate surface area is 219 Å². The zero-order valence-electron chi connectivity index (χ0n) is 20.6. The second-order valence-corrected chi connectivity index (χ2v) is 9.26. The molecule has 3 aromatic rings. The average Bonchev–Trinajstić information content (AvgIpc) is 2.91. The van der Waals surface area contributed by atoms with Gasteiger partial charge in [0.15, 0.2) is 5.82 Å². The number of ether oxygens (including phenoxy) is 2. The number of H-pyrrole nitrogens is 1. The second kappa shape index (κ2) is 12.5. The number of nitrogens with zero attached hydrogens (tertiary/aromatic N) is 3. The maximum Gasteiger partial charge on any atom is 0.310 e. The van der Waals surface area contributed by atoms with Crippen LogP contribution in [0.15, 0.2) is 53.3 Å². The van der Waals surface area contributed by atoms with Crippen molar-refractivity contribution in [3.05, 3.63) is 75.2 Å². The number of likely N-dealkylation sites (tertiary alicyclic amines) is 1. The van der Waals surface area contributed by atoms with Crippen LogP contribution in [0.3, 0.4) is 0 Å². The maximum atomic E-state index is 12.7. The molecule has 9 nitrogen and oxygen atoms in total. The van der Waals surface area contributed by atoms with Gasteiger partial charge in [-0.2, -0.15) is 0 Å². The van der Waals surface area contributed by atoms with Crippen molar-refractivity contribution >= 4 is 23.5 Å². The summed E-state index contributed by atoms with van der Waals surface area (Å²) < 4.78 is 10.9. The number of carbonyl (C=O) groups is 2. The van der Waals surface area contributed by atoms with Gasteiger partial charge in [0.2, 0.25) is 5.91 Å². The van der Waals surface area contributed by atoms with Crippen molar-refractivity contribution in [2.45, 2.75) is 39.2 Å². The van der Waals surface area contributed by atoms with Crippen LogP contribution in [0.4, 0.5) is 0 Å². The van der Waals surface area contributed by atoms with Crippen LogP contribution in [0, 0.1) is 5.92 Å². The van der Waals surface area contributed by atoms with Crippen LogP contribution in [0.1, 0.15) is 37.4 Å². The minimum absolute atomic E-state index is 0.116. The summed E-state index contributed by atoms with van der Waals surface area (Å²) >= 11 is 6.00. The number of halogens is 1. The molecule has 1 aliphatic rings. The minimum Gasteiger partial charge on any atom is -0.489 e. The molecule has 2 heterocycles. The highest BCUT2D eigenvalue weighted by Gasteiger charge is 2.29. The van der Waals surface area contributed by atoms with Crippen molar-refractivity contribution in [3.8, 4) is 17.1 Å². The molecule has 0 radical (unpaired) electrons. The van der Waals surface area contributed by atoms with Crippen molar-refractivity contribution in [1.82, 2.24) is 20.1 Å². The Morgan fingerprint density at radius 1 is 1.16 bits per heavy atom. The Hall–Kier alpha value is -3.72. The fourth-order valence-electron chi connectivity index (χ4n) is 4.20. The first-order valence-electron chi connectivity index (χ1n) is 12.3. The molecule has 37 heavy (non-hydrogen) atoms. The Morgan fingerprint density at radius 2 is 1.97 bits per heavy atom. The molecule has 1 N–H and O–H groups in total. The summed E-state index contributed by atoms with van der Waals surface area (Å²) in [5.74, 6) is 0.312. The molecule has 1 amide bonds. The van der Waals surface area contributed by atoms with E-state index in [0.717, 1.165) is 12.0 Å². The highest BCUT2D eigenvalue weighted by atomic mass is 35.5. The van der Waals surface area contributed by atoms with Gasteiger partial charge in [0, 0.05) is 36.5 Å². The van der Waals surface area contributed by atoms with Gasteiger partial charge in [-0.3, -0.25) is 14.4 Å². The number of aryl methyl sites for hydroxylation is 1. The normalized spacial score (nSPS) is 15.3. The number of piperidine rings is 1. The quantitative estimate of drug-likeness (QED) is 0.423. The molecule has 0 spiro atoms. The smallest absolute Gasteiger partial charge is 0.310 e. The first kappa shape index (κ1) is 26.3. The van der Waals surface area contributed by atoms with Gasteiger partial charge in [-0.05, 0) is 61.7 Å². The van der Waals surface area contributed by atoms with E-state index in [1.807, 2.05) is 24.3 Å². The molecule has 10 heteroatoms. The second-order valence-electron chi connectivity index (χ2n) is 8.82. The lowest BCUT2D eigenvalue weighted by Gasteiger charge is -2.31. The Balaban J connectivity index is 1.31. The third-order valence-corrected chi connectivity index (χ3v) is 6.39. The van der Waals surface area contributed by atoms with Crippen LogP contribution < -0.4 is 10.3 Å². The van der Waals surface area contributed by atoms with E-state index in [1.54, 1.807) is 36.1 Å². The molecule has 0 bridgehead atoms. The molecule has 1 atom stereocenters. The molecule has 1 aromatic heterocycles. The summed E-state index contributed by atoms with van der Waals surface area (Å²) in [7, 11) is 0. The van der Waals surface area contributed by atoms with E-state index in [-0.39, 0.29) is 41.9 Å². The van der Waals surface area contributed by atoms with Crippen molar-refractivity contribution in [2.24, 2.45) is 5.92 Å². The molecule has 1 saturated heterocycles. The van der Waals surface area contributed by atoms with E-state index < -0.39 is 0 Å². The third kappa shape index (κ3) is 7.16. The first-order chi connectivity index (χ1) is 17.9. The standard InChI is InChI=1S/C27H29ClN4O5/c1-2-36-27(35)20-6-4-14-32(16-20)24(33)13-12-23-26(34)29-25(31-30-23)19-8-10-22(11-9-19)37-17-18-5-3-7-21(28)15-18/h3,5,7-11,15,20H,2,4,6,12-14,16-17H2,1H3,(H,29,31,34)/t20-/m0/s1. The van der Waals surface area contributed by atoms with E-state index in [9.17, 15) is 14.4 Å². The molecule has 4 rings (SSSR count). The maximum absolute atomic E-state index is 12.7. The zero-order chi connectivity index (χ0) is 26.2. The Kier molecular flexibility index (Phi) is 8.90. The number of rotatable bonds is 9. The number of hydrogen-bond acceptors (Lipinski definition) is 7. The van der Waals surface area contributed by atoms with Crippen molar-refractivity contribution < 1.29 is 19.1 Å². The van der Waals surface area contributed by atoms with Crippen LogP contribution in [-0.2, 0) is 27.4 Å². The van der Waals surface area contributed by atoms with Crippen LogP contribution in [0.25, 0.3) is 11.4 Å². The van der Waals surface area contributed by atoms with Gasteiger partial charge in [-0.1, -0.05) is 23.7 Å². The highest BCUT2D eigenvalue weighted by Crippen LogP contribution is 2.21. The molecule has 0 aliphatic carbocycles. The Bertz CT molecular complexity index is 1290. The summed E-state index contributed by atoms with van der Waals surface area (Å²) in [5, 5.41) is 8.86. The van der Waals surface area contributed by atoms with E-state index in [1.165, 1.54) is 0 Å². The largest absolute Gasteiger partial charge is 0.489 e. The lowest BCUT2D eigenvalue weighted by molar-refractivity contribution is -0.151. The van der Waals surface area contributed by atoms with E-state index >= 15 is 0 Å². The fourth-order valence-corrected chi connectivity index (χ4v) is 4.41. The summed E-state index contributed by atoms with van der Waals surface area (Å²) in [6.07, 6.45) is 1.74. The van der Waals surface area contributed by atoms with Gasteiger partial charge in [0.1, 0.15) is 18.1 Å². The number of hydrogen-bond donors (Lipinski definition) is 1. The molecular weight excluding hydrogens is 496 g/mol. The summed E-state index contributed by atoms with van der Waals surface area (Å²) in [4.78, 5) is 41.7. The number of benzene rings is 2. The molecule has 1 fully saturated rings. The SMILES string of the molecule is CCOC(=O)[C@H]1CCCN(C(=O)CCc2nnc(-c3ccc(OCc4cccc(Cl)c4)cc3)[nH]c2=O)C1. The predicted molar refractivity (Wildman–Crippen MR) is 138 cm³/mol. The van der Waals surface area contributed by atoms with E-state index in [0.29, 0.717) is 54.9 Å². The van der Waals surface area contributed by atoms with Crippen LogP contribution in [0.2, 0.25) is 5.02 Å².